The van der Waals surface area contributed by atoms with Crippen LogP contribution in [-0.2, 0) is 5.60 Å². The molecule has 7 nitrogen and oxygen atoms in total. The van der Waals surface area contributed by atoms with Gasteiger partial charge < -0.3 is 20.2 Å². The zero-order valence-electron chi connectivity index (χ0n) is 13.1. The predicted octanol–water partition coefficient (Wildman–Crippen LogP) is 1.37. The van der Waals surface area contributed by atoms with Crippen molar-refractivity contribution in [3.05, 3.63) is 41.0 Å². The van der Waals surface area contributed by atoms with E-state index in [4.69, 9.17) is 4.42 Å². The molecule has 1 amide bonds. The van der Waals surface area contributed by atoms with Crippen LogP contribution >= 0.6 is 0 Å². The molecule has 0 aromatic carbocycles. The summed E-state index contributed by atoms with van der Waals surface area (Å²) in [6, 6.07) is 5.02. The van der Waals surface area contributed by atoms with Crippen molar-refractivity contribution in [2.45, 2.75) is 26.4 Å². The largest absolute Gasteiger partial charge is 0.466 e. The van der Waals surface area contributed by atoms with E-state index in [1.54, 1.807) is 19.1 Å². The van der Waals surface area contributed by atoms with E-state index in [2.05, 4.69) is 20.8 Å². The number of hydrogen-bond acceptors (Lipinski definition) is 6. The molecular weight excluding hydrogens is 284 g/mol. The van der Waals surface area contributed by atoms with Crippen LogP contribution in [0.15, 0.2) is 22.6 Å². The maximum atomic E-state index is 11.4. The average Bonchev–Trinajstić information content (AvgIpc) is 2.84. The number of anilines is 1. The van der Waals surface area contributed by atoms with Crippen molar-refractivity contribution in [2.75, 3.05) is 18.9 Å². The Morgan fingerprint density at radius 2 is 2.09 bits per heavy atom. The predicted molar refractivity (Wildman–Crippen MR) is 81.7 cm³/mol. The third-order valence-electron chi connectivity index (χ3n) is 3.36. The number of hydrogen-bond donors (Lipinski definition) is 3. The van der Waals surface area contributed by atoms with Crippen molar-refractivity contribution < 1.29 is 14.3 Å². The Hall–Kier alpha value is -2.41. The van der Waals surface area contributed by atoms with Gasteiger partial charge in [0.05, 0.1) is 0 Å². The first-order valence-corrected chi connectivity index (χ1v) is 6.93. The van der Waals surface area contributed by atoms with Crippen LogP contribution in [0.2, 0.25) is 0 Å². The molecule has 118 valence electrons. The Bertz CT molecular complexity index is 662. The molecule has 0 spiro atoms. The molecule has 1 unspecified atom stereocenters. The van der Waals surface area contributed by atoms with Gasteiger partial charge in [0.1, 0.15) is 22.9 Å². The summed E-state index contributed by atoms with van der Waals surface area (Å²) in [7, 11) is 1.53. The molecule has 0 radical (unpaired) electrons. The number of carbonyl (C=O) groups is 1. The van der Waals surface area contributed by atoms with Crippen LogP contribution in [0, 0.1) is 13.8 Å². The monoisotopic (exact) mass is 304 g/mol. The van der Waals surface area contributed by atoms with Gasteiger partial charge in [-0.05, 0) is 39.0 Å². The SMILES string of the molecule is CNC(=O)c1ccc(NCC(C)(O)c2cc(C)oc2C)nn1. The van der Waals surface area contributed by atoms with E-state index in [-0.39, 0.29) is 18.1 Å². The molecule has 2 aromatic heterocycles. The summed E-state index contributed by atoms with van der Waals surface area (Å²) in [6.07, 6.45) is 0. The first-order valence-electron chi connectivity index (χ1n) is 6.93. The molecule has 0 aliphatic carbocycles. The number of aliphatic hydroxyl groups is 1. The summed E-state index contributed by atoms with van der Waals surface area (Å²) < 4.78 is 5.45. The quantitative estimate of drug-likeness (QED) is 0.771. The molecule has 2 rings (SSSR count). The molecular formula is C15H20N4O3. The third-order valence-corrected chi connectivity index (χ3v) is 3.36. The maximum absolute atomic E-state index is 11.4. The second kappa shape index (κ2) is 6.15. The van der Waals surface area contributed by atoms with Crippen molar-refractivity contribution in [3.63, 3.8) is 0 Å². The summed E-state index contributed by atoms with van der Waals surface area (Å²) >= 11 is 0. The Labute approximate surface area is 128 Å². The lowest BCUT2D eigenvalue weighted by molar-refractivity contribution is 0.0698. The Balaban J connectivity index is 2.05. The zero-order valence-corrected chi connectivity index (χ0v) is 13.1. The molecule has 1 atom stereocenters. The van der Waals surface area contributed by atoms with Crippen molar-refractivity contribution in [2.24, 2.45) is 0 Å². The maximum Gasteiger partial charge on any atom is 0.271 e. The van der Waals surface area contributed by atoms with Crippen molar-refractivity contribution in [1.29, 1.82) is 0 Å². The van der Waals surface area contributed by atoms with Gasteiger partial charge in [0, 0.05) is 19.2 Å². The number of amides is 1. The van der Waals surface area contributed by atoms with Crippen LogP contribution in [0.1, 0.15) is 34.5 Å². The number of aromatic nitrogens is 2. The summed E-state index contributed by atoms with van der Waals surface area (Å²) in [5, 5.41) is 23.8. The minimum atomic E-state index is -1.11. The third kappa shape index (κ3) is 3.43. The fourth-order valence-electron chi connectivity index (χ4n) is 2.20. The van der Waals surface area contributed by atoms with Crippen LogP contribution in [0.25, 0.3) is 0 Å². The smallest absolute Gasteiger partial charge is 0.271 e. The fourth-order valence-corrected chi connectivity index (χ4v) is 2.20. The van der Waals surface area contributed by atoms with E-state index < -0.39 is 5.60 Å². The van der Waals surface area contributed by atoms with E-state index in [1.807, 2.05) is 19.9 Å². The number of rotatable bonds is 5. The highest BCUT2D eigenvalue weighted by Crippen LogP contribution is 2.27. The highest BCUT2D eigenvalue weighted by atomic mass is 16.3. The highest BCUT2D eigenvalue weighted by Gasteiger charge is 2.27. The molecule has 0 saturated carbocycles. The van der Waals surface area contributed by atoms with Gasteiger partial charge in [-0.2, -0.15) is 0 Å². The van der Waals surface area contributed by atoms with Crippen LogP contribution in [0.4, 0.5) is 5.82 Å². The van der Waals surface area contributed by atoms with Crippen LogP contribution < -0.4 is 10.6 Å². The lowest BCUT2D eigenvalue weighted by Gasteiger charge is -2.23. The average molecular weight is 304 g/mol. The lowest BCUT2D eigenvalue weighted by Crippen LogP contribution is -2.31. The Morgan fingerprint density at radius 1 is 1.36 bits per heavy atom. The van der Waals surface area contributed by atoms with Crippen molar-refractivity contribution >= 4 is 11.7 Å². The lowest BCUT2D eigenvalue weighted by atomic mass is 9.96. The first-order chi connectivity index (χ1) is 10.3. The molecule has 0 aliphatic heterocycles. The van der Waals surface area contributed by atoms with E-state index >= 15 is 0 Å². The summed E-state index contributed by atoms with van der Waals surface area (Å²) in [4.78, 5) is 11.4. The molecule has 3 N–H and O–H groups in total. The molecule has 0 fully saturated rings. The molecule has 2 heterocycles. The molecule has 0 aliphatic rings. The molecule has 7 heteroatoms. The minimum Gasteiger partial charge on any atom is -0.466 e. The number of carbonyl (C=O) groups excluding carboxylic acids is 1. The van der Waals surface area contributed by atoms with Crippen molar-refractivity contribution in [1.82, 2.24) is 15.5 Å². The van der Waals surface area contributed by atoms with E-state index in [0.29, 0.717) is 11.6 Å². The highest BCUT2D eigenvalue weighted by molar-refractivity contribution is 5.91. The van der Waals surface area contributed by atoms with Crippen molar-refractivity contribution in [3.8, 4) is 0 Å². The van der Waals surface area contributed by atoms with Gasteiger partial charge in [-0.25, -0.2) is 0 Å². The zero-order chi connectivity index (χ0) is 16.3. The number of furan rings is 1. The van der Waals surface area contributed by atoms with Gasteiger partial charge in [-0.3, -0.25) is 4.79 Å². The van der Waals surface area contributed by atoms with Gasteiger partial charge in [0.25, 0.3) is 5.91 Å². The van der Waals surface area contributed by atoms with Gasteiger partial charge in [-0.1, -0.05) is 0 Å². The summed E-state index contributed by atoms with van der Waals surface area (Å²) in [6.45, 7) is 5.59. The topological polar surface area (TPSA) is 100 Å². The van der Waals surface area contributed by atoms with E-state index in [9.17, 15) is 9.90 Å². The first kappa shape index (κ1) is 16.0. The van der Waals surface area contributed by atoms with Crippen LogP contribution in [0.3, 0.4) is 0 Å². The molecule has 2 aromatic rings. The number of aryl methyl sites for hydroxylation is 2. The second-order valence-corrected chi connectivity index (χ2v) is 5.34. The van der Waals surface area contributed by atoms with Crippen LogP contribution in [0.5, 0.6) is 0 Å². The second-order valence-electron chi connectivity index (χ2n) is 5.34. The van der Waals surface area contributed by atoms with Gasteiger partial charge in [-0.15, -0.1) is 10.2 Å². The number of nitrogens with one attached hydrogen (secondary N) is 2. The van der Waals surface area contributed by atoms with Gasteiger partial charge in [0.15, 0.2) is 5.69 Å². The van der Waals surface area contributed by atoms with E-state index in [0.717, 1.165) is 11.3 Å². The molecule has 0 saturated heterocycles. The summed E-state index contributed by atoms with van der Waals surface area (Å²) in [5.41, 5.74) is -0.142. The standard InChI is InChI=1S/C15H20N4O3/c1-9-7-11(10(2)22-9)15(3,21)8-17-13-6-5-12(18-19-13)14(20)16-4/h5-7,21H,8H2,1-4H3,(H,16,20)(H,17,19). The molecule has 0 bridgehead atoms. The van der Waals surface area contributed by atoms with Gasteiger partial charge >= 0.3 is 0 Å². The fraction of sp³-hybridized carbons (Fsp3) is 0.400. The molecule has 22 heavy (non-hydrogen) atoms. The van der Waals surface area contributed by atoms with E-state index in [1.165, 1.54) is 7.05 Å². The summed E-state index contributed by atoms with van der Waals surface area (Å²) in [5.74, 6) is 1.62. The van der Waals surface area contributed by atoms with Crippen LogP contribution in [-0.4, -0.2) is 34.8 Å². The Morgan fingerprint density at radius 3 is 2.59 bits per heavy atom. The Kier molecular flexibility index (Phi) is 4.46. The number of nitrogens with zero attached hydrogens (tertiary/aromatic N) is 2. The minimum absolute atomic E-state index is 0.237. The van der Waals surface area contributed by atoms with Gasteiger partial charge in [0.2, 0.25) is 0 Å². The normalized spacial score (nSPS) is 13.5.